The Morgan fingerprint density at radius 1 is 1.12 bits per heavy atom. The van der Waals surface area contributed by atoms with Crippen LogP contribution in [-0.2, 0) is 27.8 Å². The smallest absolute Gasteiger partial charge is 0.243 e. The van der Waals surface area contributed by atoms with Crippen molar-refractivity contribution < 1.29 is 13.2 Å². The van der Waals surface area contributed by atoms with Crippen LogP contribution in [0.4, 0.5) is 0 Å². The zero-order chi connectivity index (χ0) is 24.0. The number of imidazole rings is 1. The first-order chi connectivity index (χ1) is 15.8. The molecule has 1 aromatic heterocycles. The minimum Gasteiger partial charge on any atom is -0.355 e. The van der Waals surface area contributed by atoms with Crippen molar-refractivity contribution in [2.75, 3.05) is 19.6 Å². The Kier molecular flexibility index (Phi) is 8.56. The molecule has 0 bridgehead atoms. The monoisotopic (exact) mass is 488 g/mol. The van der Waals surface area contributed by atoms with Gasteiger partial charge in [0.1, 0.15) is 0 Å². The number of hydrogen-bond donors (Lipinski definition) is 1. The van der Waals surface area contributed by atoms with Gasteiger partial charge >= 0.3 is 0 Å². The average molecular weight is 489 g/mol. The fraction of sp³-hybridized carbons (Fsp3) is 0.417. The number of sulfonamides is 1. The topological polar surface area (TPSA) is 84.3 Å². The van der Waals surface area contributed by atoms with Crippen LogP contribution in [0.5, 0.6) is 0 Å². The lowest BCUT2D eigenvalue weighted by atomic mass is 10.1. The fourth-order valence-corrected chi connectivity index (χ4v) is 6.18. The van der Waals surface area contributed by atoms with Crippen molar-refractivity contribution in [1.29, 1.82) is 0 Å². The summed E-state index contributed by atoms with van der Waals surface area (Å²) in [7, 11) is -3.56. The molecule has 0 aliphatic rings. The Bertz CT molecular complexity index is 1190. The summed E-state index contributed by atoms with van der Waals surface area (Å²) in [6.45, 7) is 9.59. The van der Waals surface area contributed by atoms with Crippen LogP contribution in [0, 0.1) is 0 Å². The van der Waals surface area contributed by atoms with Crippen molar-refractivity contribution in [2.24, 2.45) is 0 Å². The fourth-order valence-electron chi connectivity index (χ4n) is 3.69. The third-order valence-corrected chi connectivity index (χ3v) is 8.69. The summed E-state index contributed by atoms with van der Waals surface area (Å²) in [6.07, 6.45) is 0.779. The lowest BCUT2D eigenvalue weighted by Gasteiger charge is -2.18. The number of amides is 1. The number of rotatable bonds is 11. The molecule has 0 fully saturated rings. The van der Waals surface area contributed by atoms with E-state index in [1.165, 1.54) is 21.6 Å². The predicted octanol–water partition coefficient (Wildman–Crippen LogP) is 3.93. The number of aryl methyl sites for hydroxylation is 1. The highest BCUT2D eigenvalue weighted by atomic mass is 32.2. The van der Waals surface area contributed by atoms with E-state index in [1.807, 2.05) is 62.6 Å². The third-order valence-electron chi connectivity index (χ3n) is 5.55. The van der Waals surface area contributed by atoms with Crippen LogP contribution in [0.25, 0.3) is 11.0 Å². The summed E-state index contributed by atoms with van der Waals surface area (Å²) in [4.78, 5) is 17.5. The van der Waals surface area contributed by atoms with Gasteiger partial charge in [0.15, 0.2) is 5.16 Å². The molecule has 3 aromatic rings. The van der Waals surface area contributed by atoms with E-state index in [4.69, 9.17) is 0 Å². The van der Waals surface area contributed by atoms with Gasteiger partial charge in [-0.3, -0.25) is 4.79 Å². The molecule has 1 unspecified atom stereocenters. The van der Waals surface area contributed by atoms with E-state index in [1.54, 1.807) is 18.2 Å². The van der Waals surface area contributed by atoms with Crippen molar-refractivity contribution in [3.05, 3.63) is 54.1 Å². The molecule has 0 radical (unpaired) electrons. The Morgan fingerprint density at radius 2 is 1.82 bits per heavy atom. The molecule has 33 heavy (non-hydrogen) atoms. The Balaban J connectivity index is 1.75. The van der Waals surface area contributed by atoms with Crippen LogP contribution in [0.3, 0.4) is 0 Å². The van der Waals surface area contributed by atoms with Crippen molar-refractivity contribution in [1.82, 2.24) is 19.2 Å². The van der Waals surface area contributed by atoms with Crippen molar-refractivity contribution >= 4 is 38.7 Å². The number of carbonyl (C=O) groups excluding carboxylic acids is 1. The molecule has 9 heteroatoms. The van der Waals surface area contributed by atoms with Gasteiger partial charge in [-0.05, 0) is 44.0 Å². The van der Waals surface area contributed by atoms with Crippen molar-refractivity contribution in [3.63, 3.8) is 0 Å². The number of hydrogen-bond acceptors (Lipinski definition) is 5. The number of benzene rings is 2. The van der Waals surface area contributed by atoms with Gasteiger partial charge in [0.05, 0.1) is 21.2 Å². The SMILES string of the molecule is CCN(CC)S(=O)(=O)c1ccc2c(c1)nc(SC(C)C(=O)NCCc1ccccc1)n2CC. The molecule has 7 nitrogen and oxygen atoms in total. The summed E-state index contributed by atoms with van der Waals surface area (Å²) < 4.78 is 29.3. The molecule has 1 N–H and O–H groups in total. The van der Waals surface area contributed by atoms with Gasteiger partial charge in [0, 0.05) is 26.2 Å². The summed E-state index contributed by atoms with van der Waals surface area (Å²) >= 11 is 1.38. The number of nitrogens with one attached hydrogen (secondary N) is 1. The standard InChI is InChI=1S/C24H32N4O3S2/c1-5-27(6-2)33(30,31)20-13-14-22-21(17-20)26-24(28(22)7-3)32-18(4)23(29)25-16-15-19-11-9-8-10-12-19/h8-14,17-18H,5-7,15-16H2,1-4H3,(H,25,29). The van der Waals surface area contributed by atoms with E-state index >= 15 is 0 Å². The maximum atomic E-state index is 12.9. The molecule has 178 valence electrons. The van der Waals surface area contributed by atoms with Crippen molar-refractivity contribution in [2.45, 2.75) is 56.0 Å². The highest BCUT2D eigenvalue weighted by Crippen LogP contribution is 2.29. The zero-order valence-electron chi connectivity index (χ0n) is 19.6. The van der Waals surface area contributed by atoms with Gasteiger partial charge in [-0.1, -0.05) is 55.9 Å². The molecule has 0 aliphatic carbocycles. The highest BCUT2D eigenvalue weighted by molar-refractivity contribution is 8.00. The summed E-state index contributed by atoms with van der Waals surface area (Å²) in [5.74, 6) is -0.0459. The number of fused-ring (bicyclic) bond motifs is 1. The Labute approximate surface area is 200 Å². The van der Waals surface area contributed by atoms with Crippen LogP contribution < -0.4 is 5.32 Å². The van der Waals surface area contributed by atoms with Gasteiger partial charge in [0.2, 0.25) is 15.9 Å². The number of carbonyl (C=O) groups is 1. The van der Waals surface area contributed by atoms with Gasteiger partial charge in [-0.25, -0.2) is 13.4 Å². The van der Waals surface area contributed by atoms with E-state index in [2.05, 4.69) is 10.3 Å². The van der Waals surface area contributed by atoms with Crippen LogP contribution in [0.15, 0.2) is 58.6 Å². The van der Waals surface area contributed by atoms with E-state index in [0.29, 0.717) is 36.9 Å². The quantitative estimate of drug-likeness (QED) is 0.414. The number of thioether (sulfide) groups is 1. The first-order valence-corrected chi connectivity index (χ1v) is 13.6. The summed E-state index contributed by atoms with van der Waals surface area (Å²) in [5.41, 5.74) is 2.65. The number of aromatic nitrogens is 2. The second kappa shape index (κ2) is 11.2. The Hall–Kier alpha value is -2.36. The molecule has 0 spiro atoms. The molecule has 1 atom stereocenters. The minimum absolute atomic E-state index is 0.0459. The molecule has 3 rings (SSSR count). The van der Waals surface area contributed by atoms with Crippen molar-refractivity contribution in [3.8, 4) is 0 Å². The Morgan fingerprint density at radius 3 is 2.45 bits per heavy atom. The summed E-state index contributed by atoms with van der Waals surface area (Å²) in [6, 6.07) is 15.1. The molecule has 0 saturated heterocycles. The second-order valence-electron chi connectivity index (χ2n) is 7.67. The van der Waals surface area contributed by atoms with Gasteiger partial charge in [-0.2, -0.15) is 4.31 Å². The first-order valence-electron chi connectivity index (χ1n) is 11.3. The first kappa shape index (κ1) is 25.3. The van der Waals surface area contributed by atoms with E-state index in [-0.39, 0.29) is 16.1 Å². The second-order valence-corrected chi connectivity index (χ2v) is 10.9. The third kappa shape index (κ3) is 5.77. The molecule has 0 saturated carbocycles. The van der Waals surface area contributed by atoms with Gasteiger partial charge in [0.25, 0.3) is 0 Å². The summed E-state index contributed by atoms with van der Waals surface area (Å²) in [5, 5.41) is 3.37. The van der Waals surface area contributed by atoms with E-state index in [9.17, 15) is 13.2 Å². The van der Waals surface area contributed by atoms with E-state index < -0.39 is 10.0 Å². The van der Waals surface area contributed by atoms with Crippen LogP contribution >= 0.6 is 11.8 Å². The molecular weight excluding hydrogens is 456 g/mol. The zero-order valence-corrected chi connectivity index (χ0v) is 21.2. The largest absolute Gasteiger partial charge is 0.355 e. The maximum Gasteiger partial charge on any atom is 0.243 e. The van der Waals surface area contributed by atoms with Crippen LogP contribution in [-0.4, -0.2) is 53.1 Å². The molecule has 1 amide bonds. The van der Waals surface area contributed by atoms with Gasteiger partial charge in [-0.15, -0.1) is 0 Å². The molecule has 1 heterocycles. The lowest BCUT2D eigenvalue weighted by Crippen LogP contribution is -2.32. The molecular formula is C24H32N4O3S2. The average Bonchev–Trinajstić information content (AvgIpc) is 3.16. The number of nitrogens with zero attached hydrogens (tertiary/aromatic N) is 3. The normalized spacial score (nSPS) is 12.9. The minimum atomic E-state index is -3.56. The lowest BCUT2D eigenvalue weighted by molar-refractivity contribution is -0.120. The van der Waals surface area contributed by atoms with Crippen LogP contribution in [0.2, 0.25) is 0 Å². The maximum absolute atomic E-state index is 12.9. The highest BCUT2D eigenvalue weighted by Gasteiger charge is 2.24. The molecule has 0 aliphatic heterocycles. The molecule has 2 aromatic carbocycles. The van der Waals surface area contributed by atoms with E-state index in [0.717, 1.165) is 11.9 Å². The predicted molar refractivity (Wildman–Crippen MR) is 134 cm³/mol. The van der Waals surface area contributed by atoms with Crippen LogP contribution in [0.1, 0.15) is 33.3 Å². The van der Waals surface area contributed by atoms with Gasteiger partial charge < -0.3 is 9.88 Å².